The lowest BCUT2D eigenvalue weighted by atomic mass is 10.4. The van der Waals surface area contributed by atoms with E-state index >= 15 is 0 Å². The molecule has 0 saturated heterocycles. The van der Waals surface area contributed by atoms with Crippen molar-refractivity contribution in [3.8, 4) is 0 Å². The summed E-state index contributed by atoms with van der Waals surface area (Å²) in [4.78, 5) is 3.07. The van der Waals surface area contributed by atoms with Crippen LogP contribution in [0.2, 0.25) is 0 Å². The Hall–Kier alpha value is -0.800. The summed E-state index contributed by atoms with van der Waals surface area (Å²) in [5, 5.41) is 12.0. The number of rotatable bonds is 4. The van der Waals surface area contributed by atoms with Crippen molar-refractivity contribution < 1.29 is 5.11 Å². The highest BCUT2D eigenvalue weighted by molar-refractivity contribution is 5.02. The topological polar surface area (TPSA) is 48.0 Å². The average Bonchev–Trinajstić information content (AvgIpc) is 2.39. The lowest BCUT2D eigenvalue weighted by molar-refractivity contribution is 0.191. The van der Waals surface area contributed by atoms with E-state index in [1.165, 1.54) is 0 Å². The van der Waals surface area contributed by atoms with Crippen molar-refractivity contribution in [1.29, 1.82) is 0 Å². The van der Waals surface area contributed by atoms with Crippen molar-refractivity contribution in [2.45, 2.75) is 19.6 Å². The number of aliphatic hydroxyl groups excluding tert-OH is 1. The second-order valence-corrected chi connectivity index (χ2v) is 2.68. The van der Waals surface area contributed by atoms with E-state index < -0.39 is 0 Å². The Morgan fingerprint density at radius 3 is 3.09 bits per heavy atom. The number of hydrogen-bond donors (Lipinski definition) is 3. The number of aromatic amines is 1. The maximum Gasteiger partial charge on any atom is 0.0636 e. The van der Waals surface area contributed by atoms with Crippen molar-refractivity contribution >= 4 is 0 Å². The molecule has 1 aromatic rings. The molecule has 0 bridgehead atoms. The zero-order valence-electron chi connectivity index (χ0n) is 6.67. The highest BCUT2D eigenvalue weighted by Crippen LogP contribution is 1.92. The van der Waals surface area contributed by atoms with Crippen LogP contribution >= 0.6 is 0 Å². The molecule has 0 fully saturated rings. The second-order valence-electron chi connectivity index (χ2n) is 2.68. The van der Waals surface area contributed by atoms with Gasteiger partial charge in [0.15, 0.2) is 0 Å². The van der Waals surface area contributed by atoms with Crippen LogP contribution in [0.15, 0.2) is 18.3 Å². The van der Waals surface area contributed by atoms with Gasteiger partial charge < -0.3 is 15.4 Å². The number of H-pyrrole nitrogens is 1. The van der Waals surface area contributed by atoms with Crippen LogP contribution < -0.4 is 5.32 Å². The van der Waals surface area contributed by atoms with E-state index in [1.54, 1.807) is 6.92 Å². The largest absolute Gasteiger partial charge is 0.392 e. The first-order valence-corrected chi connectivity index (χ1v) is 3.80. The van der Waals surface area contributed by atoms with E-state index in [1.807, 2.05) is 18.3 Å². The van der Waals surface area contributed by atoms with Crippen molar-refractivity contribution in [3.63, 3.8) is 0 Å². The summed E-state index contributed by atoms with van der Waals surface area (Å²) in [7, 11) is 0. The standard InChI is InChI=1S/C8H14N2O/c1-7(11)5-9-6-8-3-2-4-10-8/h2-4,7,9-11H,5-6H2,1H3/t7-/m1/s1. The summed E-state index contributed by atoms with van der Waals surface area (Å²) in [6.45, 7) is 3.19. The van der Waals surface area contributed by atoms with Crippen LogP contribution in [0, 0.1) is 0 Å². The summed E-state index contributed by atoms with van der Waals surface area (Å²) < 4.78 is 0. The van der Waals surface area contributed by atoms with Gasteiger partial charge in [-0.2, -0.15) is 0 Å². The summed E-state index contributed by atoms with van der Waals surface area (Å²) in [6, 6.07) is 3.97. The molecule has 0 aliphatic rings. The predicted molar refractivity (Wildman–Crippen MR) is 44.2 cm³/mol. The van der Waals surface area contributed by atoms with Crippen molar-refractivity contribution in [2.24, 2.45) is 0 Å². The molecule has 3 nitrogen and oxygen atoms in total. The van der Waals surface area contributed by atoms with Crippen LogP contribution in [-0.2, 0) is 6.54 Å². The Balaban J connectivity index is 2.14. The molecule has 0 spiro atoms. The number of hydrogen-bond acceptors (Lipinski definition) is 2. The molecule has 0 amide bonds. The smallest absolute Gasteiger partial charge is 0.0636 e. The van der Waals surface area contributed by atoms with Gasteiger partial charge in [-0.3, -0.25) is 0 Å². The quantitative estimate of drug-likeness (QED) is 0.591. The van der Waals surface area contributed by atoms with Gasteiger partial charge in [-0.1, -0.05) is 0 Å². The van der Waals surface area contributed by atoms with E-state index in [0.717, 1.165) is 12.2 Å². The molecule has 0 aromatic carbocycles. The van der Waals surface area contributed by atoms with E-state index in [-0.39, 0.29) is 6.10 Å². The molecule has 62 valence electrons. The maximum atomic E-state index is 8.91. The van der Waals surface area contributed by atoms with Gasteiger partial charge in [-0.15, -0.1) is 0 Å². The first-order chi connectivity index (χ1) is 5.29. The van der Waals surface area contributed by atoms with Crippen molar-refractivity contribution in [3.05, 3.63) is 24.0 Å². The molecule has 1 heterocycles. The monoisotopic (exact) mass is 154 g/mol. The molecular weight excluding hydrogens is 140 g/mol. The van der Waals surface area contributed by atoms with Crippen LogP contribution in [0.25, 0.3) is 0 Å². The molecule has 3 heteroatoms. The van der Waals surface area contributed by atoms with Crippen LogP contribution in [0.5, 0.6) is 0 Å². The SMILES string of the molecule is C[C@@H](O)CNCc1ccc[nH]1. The molecule has 1 rings (SSSR count). The number of nitrogens with one attached hydrogen (secondary N) is 2. The van der Waals surface area contributed by atoms with Crippen molar-refractivity contribution in [2.75, 3.05) is 6.54 Å². The summed E-state index contributed by atoms with van der Waals surface area (Å²) >= 11 is 0. The minimum Gasteiger partial charge on any atom is -0.392 e. The first kappa shape index (κ1) is 8.30. The highest BCUT2D eigenvalue weighted by atomic mass is 16.3. The number of aliphatic hydroxyl groups is 1. The van der Waals surface area contributed by atoms with Crippen LogP contribution in [0.1, 0.15) is 12.6 Å². The Kier molecular flexibility index (Phi) is 3.14. The Labute approximate surface area is 66.4 Å². The van der Waals surface area contributed by atoms with E-state index in [9.17, 15) is 0 Å². The highest BCUT2D eigenvalue weighted by Gasteiger charge is 1.94. The fourth-order valence-corrected chi connectivity index (χ4v) is 0.893. The fourth-order valence-electron chi connectivity index (χ4n) is 0.893. The molecule has 1 atom stereocenters. The fraction of sp³-hybridized carbons (Fsp3) is 0.500. The summed E-state index contributed by atoms with van der Waals surface area (Å²) in [6.07, 6.45) is 1.62. The van der Waals surface area contributed by atoms with Crippen LogP contribution in [-0.4, -0.2) is 22.7 Å². The predicted octanol–water partition coefficient (Wildman–Crippen LogP) is 0.485. The number of aromatic nitrogens is 1. The van der Waals surface area contributed by atoms with Crippen LogP contribution in [0.4, 0.5) is 0 Å². The summed E-state index contributed by atoms with van der Waals surface area (Å²) in [5.41, 5.74) is 1.14. The molecule has 0 unspecified atom stereocenters. The van der Waals surface area contributed by atoms with Gasteiger partial charge in [0.2, 0.25) is 0 Å². The molecule has 0 radical (unpaired) electrons. The molecule has 0 saturated carbocycles. The van der Waals surface area contributed by atoms with Crippen LogP contribution in [0.3, 0.4) is 0 Å². The van der Waals surface area contributed by atoms with Gasteiger partial charge in [0, 0.05) is 25.0 Å². The van der Waals surface area contributed by atoms with Gasteiger partial charge in [-0.05, 0) is 19.1 Å². The lowest BCUT2D eigenvalue weighted by Gasteiger charge is -2.04. The van der Waals surface area contributed by atoms with E-state index in [0.29, 0.717) is 6.54 Å². The van der Waals surface area contributed by atoms with Gasteiger partial charge in [0.25, 0.3) is 0 Å². The molecule has 1 aromatic heterocycles. The second kappa shape index (κ2) is 4.16. The van der Waals surface area contributed by atoms with E-state index in [4.69, 9.17) is 5.11 Å². The van der Waals surface area contributed by atoms with Gasteiger partial charge in [-0.25, -0.2) is 0 Å². The molecule has 3 N–H and O–H groups in total. The first-order valence-electron chi connectivity index (χ1n) is 3.80. The van der Waals surface area contributed by atoms with E-state index in [2.05, 4.69) is 10.3 Å². The van der Waals surface area contributed by atoms with Gasteiger partial charge >= 0.3 is 0 Å². The van der Waals surface area contributed by atoms with Gasteiger partial charge in [0.05, 0.1) is 6.10 Å². The maximum absolute atomic E-state index is 8.91. The lowest BCUT2D eigenvalue weighted by Crippen LogP contribution is -2.23. The third kappa shape index (κ3) is 3.20. The minimum absolute atomic E-state index is 0.273. The minimum atomic E-state index is -0.273. The average molecular weight is 154 g/mol. The third-order valence-corrected chi connectivity index (χ3v) is 1.42. The third-order valence-electron chi connectivity index (χ3n) is 1.42. The Bertz CT molecular complexity index is 182. The molecule has 11 heavy (non-hydrogen) atoms. The molecule has 0 aliphatic carbocycles. The molecular formula is C8H14N2O. The zero-order valence-corrected chi connectivity index (χ0v) is 6.67. The van der Waals surface area contributed by atoms with Crippen molar-refractivity contribution in [1.82, 2.24) is 10.3 Å². The normalized spacial score (nSPS) is 13.3. The summed E-state index contributed by atoms with van der Waals surface area (Å²) in [5.74, 6) is 0. The zero-order chi connectivity index (χ0) is 8.10. The molecule has 0 aliphatic heterocycles. The van der Waals surface area contributed by atoms with Gasteiger partial charge in [0.1, 0.15) is 0 Å². The Morgan fingerprint density at radius 2 is 2.55 bits per heavy atom. The Morgan fingerprint density at radius 1 is 1.73 bits per heavy atom.